The van der Waals surface area contributed by atoms with E-state index in [4.69, 9.17) is 4.74 Å². The van der Waals surface area contributed by atoms with E-state index in [0.29, 0.717) is 0 Å². The summed E-state index contributed by atoms with van der Waals surface area (Å²) in [5.74, 6) is -0.545. The number of hydrogen-bond acceptors (Lipinski definition) is 6. The number of aromatic nitrogens is 2. The molecule has 0 fully saturated rings. The average molecular weight is 238 g/mol. The summed E-state index contributed by atoms with van der Waals surface area (Å²) in [6.45, 7) is 0. The average Bonchev–Trinajstić information content (AvgIpc) is 2.29. The van der Waals surface area contributed by atoms with Crippen molar-refractivity contribution in [3.05, 3.63) is 34.3 Å². The van der Waals surface area contributed by atoms with E-state index in [1.807, 2.05) is 0 Å². The van der Waals surface area contributed by atoms with Crippen LogP contribution in [0.4, 0.5) is 0 Å². The number of nitrogens with one attached hydrogen (secondary N) is 2. The molecule has 1 aromatic heterocycles. The molecule has 8 nitrogen and oxygen atoms in total. The van der Waals surface area contributed by atoms with E-state index >= 15 is 0 Å². The van der Waals surface area contributed by atoms with Crippen LogP contribution in [-0.4, -0.2) is 27.0 Å². The zero-order valence-corrected chi connectivity index (χ0v) is 8.88. The third kappa shape index (κ3) is 2.49. The van der Waals surface area contributed by atoms with E-state index in [1.54, 1.807) is 0 Å². The second-order valence-electron chi connectivity index (χ2n) is 3.31. The molecule has 0 spiro atoms. The van der Waals surface area contributed by atoms with Gasteiger partial charge in [0.2, 0.25) is 5.88 Å². The summed E-state index contributed by atoms with van der Waals surface area (Å²) in [6, 6.07) is 2.60. The van der Waals surface area contributed by atoms with Crippen LogP contribution < -0.4 is 21.1 Å². The molecule has 90 valence electrons. The monoisotopic (exact) mass is 238 g/mol. The predicted molar refractivity (Wildman–Crippen MR) is 55.5 cm³/mol. The van der Waals surface area contributed by atoms with Crippen molar-refractivity contribution in [1.82, 2.24) is 20.6 Å². The highest BCUT2D eigenvalue weighted by Gasteiger charge is 2.20. The zero-order valence-electron chi connectivity index (χ0n) is 8.88. The van der Waals surface area contributed by atoms with Gasteiger partial charge in [-0.3, -0.25) is 15.0 Å². The van der Waals surface area contributed by atoms with Crippen LogP contribution >= 0.6 is 0 Å². The number of hydrazine groups is 1. The van der Waals surface area contributed by atoms with Gasteiger partial charge in [0.1, 0.15) is 6.23 Å². The second-order valence-corrected chi connectivity index (χ2v) is 3.31. The first-order valence-corrected chi connectivity index (χ1v) is 4.74. The Morgan fingerprint density at radius 3 is 2.94 bits per heavy atom. The smallest absolute Gasteiger partial charge is 0.301 e. The van der Waals surface area contributed by atoms with Gasteiger partial charge in [-0.15, -0.1) is 5.10 Å². The molecule has 0 bridgehead atoms. The first kappa shape index (κ1) is 11.3. The Kier molecular flexibility index (Phi) is 2.90. The number of amides is 1. The van der Waals surface area contributed by atoms with E-state index in [-0.39, 0.29) is 17.2 Å². The SMILES string of the molecule is Cn1nc(OC2=CC(O)NNC2=O)ccc1=O. The molecular formula is C9H10N4O4. The molecule has 17 heavy (non-hydrogen) atoms. The summed E-state index contributed by atoms with van der Waals surface area (Å²) in [5, 5.41) is 13.0. The first-order valence-electron chi connectivity index (χ1n) is 4.74. The standard InChI is InChI=1S/C9H10N4O4/c1-13-8(15)3-2-7(12-13)17-5-4-6(14)10-11-9(5)16/h2-4,6,10,14H,1H3,(H,11,16). The Labute approximate surface area is 95.5 Å². The van der Waals surface area contributed by atoms with E-state index in [9.17, 15) is 14.7 Å². The van der Waals surface area contributed by atoms with Gasteiger partial charge in [0.15, 0.2) is 5.76 Å². The van der Waals surface area contributed by atoms with Crippen LogP contribution in [0.3, 0.4) is 0 Å². The van der Waals surface area contributed by atoms with Gasteiger partial charge in [-0.2, -0.15) is 0 Å². The van der Waals surface area contributed by atoms with Crippen molar-refractivity contribution >= 4 is 5.91 Å². The molecule has 8 heteroatoms. The quantitative estimate of drug-likeness (QED) is 0.550. The third-order valence-corrected chi connectivity index (χ3v) is 2.02. The minimum atomic E-state index is -1.03. The van der Waals surface area contributed by atoms with E-state index in [1.165, 1.54) is 25.3 Å². The highest BCUT2D eigenvalue weighted by molar-refractivity contribution is 5.92. The Hall–Kier alpha value is -2.19. The van der Waals surface area contributed by atoms with Gasteiger partial charge < -0.3 is 9.84 Å². The molecule has 3 N–H and O–H groups in total. The Bertz CT molecular complexity index is 536. The lowest BCUT2D eigenvalue weighted by atomic mass is 10.3. The number of nitrogens with zero attached hydrogens (tertiary/aromatic N) is 2. The molecular weight excluding hydrogens is 228 g/mol. The van der Waals surface area contributed by atoms with Crippen LogP contribution in [0.15, 0.2) is 28.8 Å². The molecule has 1 unspecified atom stereocenters. The van der Waals surface area contributed by atoms with E-state index in [0.717, 1.165) is 4.68 Å². The lowest BCUT2D eigenvalue weighted by Gasteiger charge is -2.18. The molecule has 2 heterocycles. The third-order valence-electron chi connectivity index (χ3n) is 2.02. The number of aliphatic hydroxyl groups is 1. The van der Waals surface area contributed by atoms with Gasteiger partial charge in [0, 0.05) is 25.3 Å². The van der Waals surface area contributed by atoms with Gasteiger partial charge in [0.05, 0.1) is 0 Å². The number of carbonyl (C=O) groups is 1. The minimum absolute atomic E-state index is 0.0857. The normalized spacial score (nSPS) is 19.5. The van der Waals surface area contributed by atoms with E-state index < -0.39 is 12.1 Å². The molecule has 1 atom stereocenters. The van der Waals surface area contributed by atoms with Crippen molar-refractivity contribution in [2.24, 2.45) is 7.05 Å². The van der Waals surface area contributed by atoms with Crippen molar-refractivity contribution in [3.8, 4) is 5.88 Å². The molecule has 1 aliphatic heterocycles. The van der Waals surface area contributed by atoms with Crippen LogP contribution in [0, 0.1) is 0 Å². The molecule has 0 saturated heterocycles. The molecule has 0 aromatic carbocycles. The van der Waals surface area contributed by atoms with Crippen molar-refractivity contribution in [3.63, 3.8) is 0 Å². The Morgan fingerprint density at radius 1 is 1.47 bits per heavy atom. The highest BCUT2D eigenvalue weighted by atomic mass is 16.5. The molecule has 1 amide bonds. The molecule has 1 aliphatic rings. The lowest BCUT2D eigenvalue weighted by molar-refractivity contribution is -0.122. The largest absolute Gasteiger partial charge is 0.432 e. The summed E-state index contributed by atoms with van der Waals surface area (Å²) >= 11 is 0. The maximum absolute atomic E-state index is 11.3. The Balaban J connectivity index is 2.23. The van der Waals surface area contributed by atoms with Crippen molar-refractivity contribution in [2.75, 3.05) is 0 Å². The van der Waals surface area contributed by atoms with Crippen LogP contribution in [-0.2, 0) is 11.8 Å². The first-order chi connectivity index (χ1) is 8.06. The topological polar surface area (TPSA) is 105 Å². The molecule has 2 rings (SSSR count). The highest BCUT2D eigenvalue weighted by Crippen LogP contribution is 2.09. The minimum Gasteiger partial charge on any atom is -0.432 e. The second kappa shape index (κ2) is 4.36. The number of carbonyl (C=O) groups excluding carboxylic acids is 1. The molecule has 1 aromatic rings. The Morgan fingerprint density at radius 2 is 2.24 bits per heavy atom. The summed E-state index contributed by atoms with van der Waals surface area (Å²) in [4.78, 5) is 22.4. The van der Waals surface area contributed by atoms with Gasteiger partial charge in [-0.25, -0.2) is 10.1 Å². The van der Waals surface area contributed by atoms with Crippen LogP contribution in [0.25, 0.3) is 0 Å². The lowest BCUT2D eigenvalue weighted by Crippen LogP contribution is -2.49. The fourth-order valence-corrected chi connectivity index (χ4v) is 1.19. The van der Waals surface area contributed by atoms with Gasteiger partial charge in [-0.05, 0) is 0 Å². The van der Waals surface area contributed by atoms with Crippen LogP contribution in [0.1, 0.15) is 0 Å². The fourth-order valence-electron chi connectivity index (χ4n) is 1.19. The number of rotatable bonds is 2. The zero-order chi connectivity index (χ0) is 12.4. The number of ether oxygens (including phenoxy) is 1. The molecule has 0 aliphatic carbocycles. The van der Waals surface area contributed by atoms with Gasteiger partial charge in [0.25, 0.3) is 5.56 Å². The van der Waals surface area contributed by atoms with Gasteiger partial charge in [-0.1, -0.05) is 0 Å². The maximum Gasteiger partial charge on any atom is 0.301 e. The summed E-state index contributed by atoms with van der Waals surface area (Å²) < 4.78 is 6.23. The number of hydrogen-bond donors (Lipinski definition) is 3. The van der Waals surface area contributed by atoms with Crippen molar-refractivity contribution in [2.45, 2.75) is 6.23 Å². The summed E-state index contributed by atoms with van der Waals surface area (Å²) in [5.41, 5.74) is 4.20. The van der Waals surface area contributed by atoms with Gasteiger partial charge >= 0.3 is 5.91 Å². The number of aliphatic hydroxyl groups excluding tert-OH is 1. The fraction of sp³-hybridized carbons (Fsp3) is 0.222. The maximum atomic E-state index is 11.3. The number of aryl methyl sites for hydroxylation is 1. The van der Waals surface area contributed by atoms with Crippen LogP contribution in [0.2, 0.25) is 0 Å². The van der Waals surface area contributed by atoms with Crippen LogP contribution in [0.5, 0.6) is 5.88 Å². The summed E-state index contributed by atoms with van der Waals surface area (Å²) in [7, 11) is 1.46. The molecule has 0 radical (unpaired) electrons. The van der Waals surface area contributed by atoms with E-state index in [2.05, 4.69) is 16.0 Å². The van der Waals surface area contributed by atoms with Crippen molar-refractivity contribution in [1.29, 1.82) is 0 Å². The van der Waals surface area contributed by atoms with Crippen molar-refractivity contribution < 1.29 is 14.6 Å². The molecule has 0 saturated carbocycles. The summed E-state index contributed by atoms with van der Waals surface area (Å²) in [6.07, 6.45) is 0.154. The predicted octanol–water partition coefficient (Wildman–Crippen LogP) is -2.00.